The first-order chi connectivity index (χ1) is 12.7. The Morgan fingerprint density at radius 2 is 1.81 bits per heavy atom. The van der Waals surface area contributed by atoms with Gasteiger partial charge in [0.15, 0.2) is 5.16 Å². The van der Waals surface area contributed by atoms with E-state index in [1.807, 2.05) is 41.8 Å². The predicted octanol–water partition coefficient (Wildman–Crippen LogP) is 4.08. The summed E-state index contributed by atoms with van der Waals surface area (Å²) < 4.78 is 2.00. The van der Waals surface area contributed by atoms with Gasteiger partial charge < -0.3 is 9.88 Å². The molecule has 0 bridgehead atoms. The number of thioether (sulfide) groups is 1. The molecule has 0 fully saturated rings. The number of rotatable bonds is 7. The molecule has 3 rings (SSSR count). The van der Waals surface area contributed by atoms with Gasteiger partial charge >= 0.3 is 0 Å². The maximum Gasteiger partial charge on any atom is 0.232 e. The zero-order chi connectivity index (χ0) is 18.4. The third kappa shape index (κ3) is 4.73. The lowest BCUT2D eigenvalue weighted by molar-refractivity contribution is -0.115. The molecule has 0 saturated heterocycles. The van der Waals surface area contributed by atoms with Gasteiger partial charge in [-0.2, -0.15) is 0 Å². The molecule has 3 aromatic rings. The highest BCUT2D eigenvalue weighted by molar-refractivity contribution is 7.98. The molecule has 1 amide bonds. The standard InChI is InChI=1S/C20H22N4OS/c1-3-24-18(13-19(25)21-17-7-5-4-6-8-17)22-23-20(24)26-14-16-11-9-15(2)10-12-16/h4-12H,3,13-14H2,1-2H3,(H,21,25). The van der Waals surface area contributed by atoms with E-state index in [-0.39, 0.29) is 12.3 Å². The lowest BCUT2D eigenvalue weighted by Gasteiger charge is -2.08. The Kier molecular flexibility index (Phi) is 6.07. The summed E-state index contributed by atoms with van der Waals surface area (Å²) in [4.78, 5) is 12.3. The molecule has 0 aliphatic rings. The van der Waals surface area contributed by atoms with Crippen LogP contribution in [0.3, 0.4) is 0 Å². The van der Waals surface area contributed by atoms with E-state index in [1.54, 1.807) is 11.8 Å². The van der Waals surface area contributed by atoms with Crippen molar-refractivity contribution in [3.8, 4) is 0 Å². The summed E-state index contributed by atoms with van der Waals surface area (Å²) in [5.74, 6) is 1.43. The molecule has 0 unspecified atom stereocenters. The van der Waals surface area contributed by atoms with E-state index in [0.717, 1.165) is 23.1 Å². The molecule has 0 radical (unpaired) electrons. The van der Waals surface area contributed by atoms with Gasteiger partial charge in [0.05, 0.1) is 6.42 Å². The highest BCUT2D eigenvalue weighted by Crippen LogP contribution is 2.22. The van der Waals surface area contributed by atoms with Crippen LogP contribution in [0.25, 0.3) is 0 Å². The summed E-state index contributed by atoms with van der Waals surface area (Å²) in [5, 5.41) is 12.2. The number of hydrogen-bond acceptors (Lipinski definition) is 4. The molecule has 0 atom stereocenters. The monoisotopic (exact) mass is 366 g/mol. The Labute approximate surface area is 157 Å². The number of carbonyl (C=O) groups excluding carboxylic acids is 1. The van der Waals surface area contributed by atoms with Gasteiger partial charge in [0.1, 0.15) is 5.82 Å². The van der Waals surface area contributed by atoms with Crippen LogP contribution in [0.4, 0.5) is 5.69 Å². The maximum atomic E-state index is 12.3. The molecule has 1 aromatic heterocycles. The lowest BCUT2D eigenvalue weighted by atomic mass is 10.2. The van der Waals surface area contributed by atoms with Gasteiger partial charge in [-0.25, -0.2) is 0 Å². The van der Waals surface area contributed by atoms with E-state index in [4.69, 9.17) is 0 Å². The Bertz CT molecular complexity index is 859. The number of benzene rings is 2. The first kappa shape index (κ1) is 18.2. The summed E-state index contributed by atoms with van der Waals surface area (Å²) >= 11 is 1.64. The number of para-hydroxylation sites is 1. The van der Waals surface area contributed by atoms with E-state index in [2.05, 4.69) is 46.7 Å². The van der Waals surface area contributed by atoms with Gasteiger partial charge in [-0.1, -0.05) is 59.8 Å². The van der Waals surface area contributed by atoms with Crippen molar-refractivity contribution in [2.75, 3.05) is 5.32 Å². The molecule has 134 valence electrons. The quantitative estimate of drug-likeness (QED) is 0.640. The van der Waals surface area contributed by atoms with Gasteiger partial charge in [-0.3, -0.25) is 4.79 Å². The fraction of sp³-hybridized carbons (Fsp3) is 0.250. The zero-order valence-corrected chi connectivity index (χ0v) is 15.8. The molecule has 1 N–H and O–H groups in total. The van der Waals surface area contributed by atoms with Crippen LogP contribution in [0.15, 0.2) is 59.8 Å². The molecular weight excluding hydrogens is 344 g/mol. The fourth-order valence-corrected chi connectivity index (χ4v) is 3.55. The first-order valence-corrected chi connectivity index (χ1v) is 9.59. The summed E-state index contributed by atoms with van der Waals surface area (Å²) in [5.41, 5.74) is 3.28. The maximum absolute atomic E-state index is 12.3. The normalized spacial score (nSPS) is 10.7. The van der Waals surface area contributed by atoms with Crippen LogP contribution in [0, 0.1) is 6.92 Å². The third-order valence-corrected chi connectivity index (χ3v) is 5.01. The van der Waals surface area contributed by atoms with Crippen molar-refractivity contribution in [3.63, 3.8) is 0 Å². The second-order valence-corrected chi connectivity index (χ2v) is 6.95. The van der Waals surface area contributed by atoms with Crippen LogP contribution in [0.5, 0.6) is 0 Å². The van der Waals surface area contributed by atoms with Crippen molar-refractivity contribution in [3.05, 3.63) is 71.5 Å². The van der Waals surface area contributed by atoms with E-state index < -0.39 is 0 Å². The summed E-state index contributed by atoms with van der Waals surface area (Å²) in [6.07, 6.45) is 0.209. The van der Waals surface area contributed by atoms with E-state index in [0.29, 0.717) is 5.82 Å². The minimum atomic E-state index is -0.0895. The zero-order valence-electron chi connectivity index (χ0n) is 15.0. The number of carbonyl (C=O) groups is 1. The van der Waals surface area contributed by atoms with Crippen LogP contribution in [0.1, 0.15) is 23.9 Å². The molecule has 26 heavy (non-hydrogen) atoms. The fourth-order valence-electron chi connectivity index (χ4n) is 2.58. The van der Waals surface area contributed by atoms with Gasteiger partial charge in [-0.05, 0) is 31.5 Å². The van der Waals surface area contributed by atoms with Crippen LogP contribution in [0.2, 0.25) is 0 Å². The second kappa shape index (κ2) is 8.67. The Morgan fingerprint density at radius 3 is 2.50 bits per heavy atom. The Hall–Kier alpha value is -2.60. The second-order valence-electron chi connectivity index (χ2n) is 6.01. The van der Waals surface area contributed by atoms with Crippen molar-refractivity contribution in [1.29, 1.82) is 0 Å². The Balaban J connectivity index is 1.63. The van der Waals surface area contributed by atoms with E-state index in [1.165, 1.54) is 11.1 Å². The van der Waals surface area contributed by atoms with Crippen molar-refractivity contribution in [1.82, 2.24) is 14.8 Å². The molecule has 0 spiro atoms. The number of nitrogens with one attached hydrogen (secondary N) is 1. The van der Waals surface area contributed by atoms with Crippen LogP contribution < -0.4 is 5.32 Å². The average Bonchev–Trinajstić information content (AvgIpc) is 3.03. The predicted molar refractivity (Wildman–Crippen MR) is 105 cm³/mol. The van der Waals surface area contributed by atoms with Crippen LogP contribution in [-0.4, -0.2) is 20.7 Å². The molecule has 2 aromatic carbocycles. The van der Waals surface area contributed by atoms with Gasteiger partial charge in [0.25, 0.3) is 0 Å². The molecule has 0 saturated carbocycles. The largest absolute Gasteiger partial charge is 0.326 e. The molecule has 0 aliphatic heterocycles. The average molecular weight is 366 g/mol. The minimum Gasteiger partial charge on any atom is -0.326 e. The van der Waals surface area contributed by atoms with Crippen molar-refractivity contribution in [2.24, 2.45) is 0 Å². The van der Waals surface area contributed by atoms with Crippen LogP contribution >= 0.6 is 11.8 Å². The van der Waals surface area contributed by atoms with Gasteiger partial charge in [-0.15, -0.1) is 10.2 Å². The van der Waals surface area contributed by atoms with E-state index in [9.17, 15) is 4.79 Å². The number of amides is 1. The number of aryl methyl sites for hydroxylation is 1. The topological polar surface area (TPSA) is 59.8 Å². The molecular formula is C20H22N4OS. The first-order valence-electron chi connectivity index (χ1n) is 8.61. The Morgan fingerprint density at radius 1 is 1.08 bits per heavy atom. The number of aromatic nitrogens is 3. The molecule has 1 heterocycles. The smallest absolute Gasteiger partial charge is 0.232 e. The van der Waals surface area contributed by atoms with Crippen LogP contribution in [-0.2, 0) is 23.5 Å². The highest BCUT2D eigenvalue weighted by atomic mass is 32.2. The molecule has 6 heteroatoms. The third-order valence-electron chi connectivity index (χ3n) is 3.97. The number of nitrogens with zero attached hydrogens (tertiary/aromatic N) is 3. The number of anilines is 1. The number of hydrogen-bond donors (Lipinski definition) is 1. The van der Waals surface area contributed by atoms with Gasteiger partial charge in [0.2, 0.25) is 5.91 Å². The highest BCUT2D eigenvalue weighted by Gasteiger charge is 2.15. The summed E-state index contributed by atoms with van der Waals surface area (Å²) in [6, 6.07) is 17.9. The van der Waals surface area contributed by atoms with Gasteiger partial charge in [0, 0.05) is 18.0 Å². The van der Waals surface area contributed by atoms with Crippen molar-refractivity contribution in [2.45, 2.75) is 37.7 Å². The van der Waals surface area contributed by atoms with Crippen molar-refractivity contribution < 1.29 is 4.79 Å². The molecule has 5 nitrogen and oxygen atoms in total. The minimum absolute atomic E-state index is 0.0895. The summed E-state index contributed by atoms with van der Waals surface area (Å²) in [7, 11) is 0. The van der Waals surface area contributed by atoms with Crippen molar-refractivity contribution >= 4 is 23.4 Å². The lowest BCUT2D eigenvalue weighted by Crippen LogP contribution is -2.17. The SMILES string of the molecule is CCn1c(CC(=O)Nc2ccccc2)nnc1SCc1ccc(C)cc1. The molecule has 0 aliphatic carbocycles. The summed E-state index contributed by atoms with van der Waals surface area (Å²) in [6.45, 7) is 4.85. The van der Waals surface area contributed by atoms with E-state index >= 15 is 0 Å².